The molecular weight excluding hydrogens is 232 g/mol. The molecule has 0 bridgehead atoms. The Morgan fingerprint density at radius 3 is 2.19 bits per heavy atom. The van der Waals surface area contributed by atoms with Crippen LogP contribution in [0.3, 0.4) is 0 Å². The zero-order chi connectivity index (χ0) is 11.9. The number of phenolic OH excluding ortho intramolecular Hbond substituents is 2. The van der Waals surface area contributed by atoms with E-state index < -0.39 is 26.5 Å². The van der Waals surface area contributed by atoms with E-state index in [9.17, 15) is 18.6 Å². The number of benzene rings is 2. The summed E-state index contributed by atoms with van der Waals surface area (Å²) in [5, 5.41) is 19.0. The first-order valence-electron chi connectivity index (χ1n) is 4.24. The monoisotopic (exact) mass is 239 g/mol. The van der Waals surface area contributed by atoms with Gasteiger partial charge in [-0.3, -0.25) is 4.55 Å². The number of phenols is 2. The molecule has 0 aliphatic heterocycles. The average molecular weight is 239 g/mol. The van der Waals surface area contributed by atoms with Crippen molar-refractivity contribution in [2.75, 3.05) is 0 Å². The van der Waals surface area contributed by atoms with Crippen LogP contribution < -0.4 is 0 Å². The molecule has 2 rings (SSSR count). The van der Waals surface area contributed by atoms with Crippen molar-refractivity contribution in [2.24, 2.45) is 0 Å². The third kappa shape index (κ3) is 1.58. The van der Waals surface area contributed by atoms with Gasteiger partial charge in [0.15, 0.2) is 11.5 Å². The molecule has 83 valence electrons. The molecule has 2 aromatic carbocycles. The number of hydrogen-bond acceptors (Lipinski definition) is 4. The Bertz CT molecular complexity index is 660. The molecule has 0 aliphatic carbocycles. The number of fused-ring (bicyclic) bond motifs is 1. The first-order valence-corrected chi connectivity index (χ1v) is 5.68. The van der Waals surface area contributed by atoms with E-state index in [-0.39, 0.29) is 10.8 Å². The Balaban J connectivity index is 3.02. The molecule has 0 spiro atoms. The highest BCUT2D eigenvalue weighted by Gasteiger charge is 2.19. The quantitative estimate of drug-likeness (QED) is 0.515. The maximum atomic E-state index is 11.0. The summed E-state index contributed by atoms with van der Waals surface area (Å²) in [6, 6.07) is 7.95. The molecule has 0 aliphatic rings. The minimum atomic E-state index is -4.50. The average Bonchev–Trinajstić information content (AvgIpc) is 2.22. The van der Waals surface area contributed by atoms with Crippen molar-refractivity contribution in [3.8, 4) is 11.5 Å². The minimum Gasteiger partial charge on any atom is -0.504 e. The van der Waals surface area contributed by atoms with E-state index in [1.54, 1.807) is 12.1 Å². The van der Waals surface area contributed by atoms with Crippen molar-refractivity contribution in [3.05, 3.63) is 30.3 Å². The Morgan fingerprint density at radius 1 is 1.06 bits per heavy atom. The van der Waals surface area contributed by atoms with Gasteiger partial charge >= 0.3 is 0 Å². The lowest BCUT2D eigenvalue weighted by molar-refractivity contribution is 0.405. The van der Waals surface area contributed by atoms with Crippen LogP contribution in [0, 0.1) is 6.07 Å². The summed E-state index contributed by atoms with van der Waals surface area (Å²) in [4.78, 5) is -0.557. The van der Waals surface area contributed by atoms with Crippen LogP contribution in [-0.2, 0) is 10.1 Å². The van der Waals surface area contributed by atoms with Crippen molar-refractivity contribution >= 4 is 20.9 Å². The summed E-state index contributed by atoms with van der Waals surface area (Å²) in [5.74, 6) is -1.19. The molecule has 16 heavy (non-hydrogen) atoms. The fourth-order valence-electron chi connectivity index (χ4n) is 1.45. The molecule has 5 nitrogen and oxygen atoms in total. The maximum Gasteiger partial charge on any atom is 0.295 e. The Labute approximate surface area is 91.3 Å². The van der Waals surface area contributed by atoms with E-state index in [0.717, 1.165) is 0 Å². The van der Waals surface area contributed by atoms with Crippen LogP contribution >= 0.6 is 0 Å². The summed E-state index contributed by atoms with van der Waals surface area (Å²) in [6.07, 6.45) is 0. The van der Waals surface area contributed by atoms with E-state index in [2.05, 4.69) is 0 Å². The van der Waals surface area contributed by atoms with Crippen molar-refractivity contribution in [3.63, 3.8) is 0 Å². The highest BCUT2D eigenvalue weighted by Crippen LogP contribution is 2.37. The molecule has 1 radical (unpaired) electrons. The van der Waals surface area contributed by atoms with Crippen LogP contribution in [0.1, 0.15) is 0 Å². The number of rotatable bonds is 1. The molecule has 6 heteroatoms. The Kier molecular flexibility index (Phi) is 2.25. The predicted molar refractivity (Wildman–Crippen MR) is 55.9 cm³/mol. The fourth-order valence-corrected chi connectivity index (χ4v) is 2.13. The van der Waals surface area contributed by atoms with E-state index in [1.807, 2.05) is 6.07 Å². The fraction of sp³-hybridized carbons (Fsp3) is 0. The van der Waals surface area contributed by atoms with Crippen LogP contribution in [-0.4, -0.2) is 23.2 Å². The SMILES string of the molecule is O=S(=O)(O)c1[c]c(O)c(O)c2ccccc12. The summed E-state index contributed by atoms with van der Waals surface area (Å²) < 4.78 is 31.0. The van der Waals surface area contributed by atoms with E-state index in [4.69, 9.17) is 4.55 Å². The van der Waals surface area contributed by atoms with Gasteiger partial charge in [0.2, 0.25) is 0 Å². The topological polar surface area (TPSA) is 94.8 Å². The first-order chi connectivity index (χ1) is 7.41. The lowest BCUT2D eigenvalue weighted by atomic mass is 10.1. The summed E-state index contributed by atoms with van der Waals surface area (Å²) in [7, 11) is -4.50. The summed E-state index contributed by atoms with van der Waals surface area (Å²) in [6.45, 7) is 0. The zero-order valence-electron chi connectivity index (χ0n) is 7.88. The Morgan fingerprint density at radius 2 is 1.62 bits per heavy atom. The van der Waals surface area contributed by atoms with Crippen molar-refractivity contribution < 1.29 is 23.2 Å². The normalized spacial score (nSPS) is 11.8. The van der Waals surface area contributed by atoms with E-state index >= 15 is 0 Å². The van der Waals surface area contributed by atoms with Gasteiger partial charge in [0, 0.05) is 10.8 Å². The molecular formula is C10H7O5S. The van der Waals surface area contributed by atoms with Gasteiger partial charge in [-0.15, -0.1) is 0 Å². The van der Waals surface area contributed by atoms with Gasteiger partial charge < -0.3 is 10.2 Å². The van der Waals surface area contributed by atoms with Crippen LogP contribution in [0.5, 0.6) is 11.5 Å². The molecule has 0 heterocycles. The van der Waals surface area contributed by atoms with Crippen LogP contribution in [0.15, 0.2) is 29.2 Å². The molecule has 0 atom stereocenters. The van der Waals surface area contributed by atoms with E-state index in [1.165, 1.54) is 12.1 Å². The largest absolute Gasteiger partial charge is 0.504 e. The lowest BCUT2D eigenvalue weighted by Crippen LogP contribution is -1.99. The highest BCUT2D eigenvalue weighted by atomic mass is 32.2. The van der Waals surface area contributed by atoms with Gasteiger partial charge in [0.25, 0.3) is 10.1 Å². The minimum absolute atomic E-state index is 0.0975. The maximum absolute atomic E-state index is 11.0. The molecule has 2 aromatic rings. The van der Waals surface area contributed by atoms with Gasteiger partial charge in [-0.1, -0.05) is 24.3 Å². The summed E-state index contributed by atoms with van der Waals surface area (Å²) >= 11 is 0. The smallest absolute Gasteiger partial charge is 0.295 e. The molecule has 0 unspecified atom stereocenters. The number of aromatic hydroxyl groups is 2. The lowest BCUT2D eigenvalue weighted by Gasteiger charge is -2.06. The first kappa shape index (κ1) is 10.7. The van der Waals surface area contributed by atoms with Gasteiger partial charge in [-0.2, -0.15) is 8.42 Å². The predicted octanol–water partition coefficient (Wildman–Crippen LogP) is 1.30. The standard InChI is InChI=1S/C10H7O5S/c11-8-5-9(16(13,14)15)6-3-1-2-4-7(6)10(8)12/h1-4,11-12H,(H,13,14,15). The van der Waals surface area contributed by atoms with Crippen molar-refractivity contribution in [2.45, 2.75) is 4.90 Å². The second kappa shape index (κ2) is 3.36. The van der Waals surface area contributed by atoms with Crippen molar-refractivity contribution in [1.82, 2.24) is 0 Å². The van der Waals surface area contributed by atoms with Crippen molar-refractivity contribution in [1.29, 1.82) is 0 Å². The molecule has 0 aromatic heterocycles. The highest BCUT2D eigenvalue weighted by molar-refractivity contribution is 7.86. The zero-order valence-corrected chi connectivity index (χ0v) is 8.69. The third-order valence-electron chi connectivity index (χ3n) is 2.14. The second-order valence-corrected chi connectivity index (χ2v) is 4.53. The molecule has 0 amide bonds. The van der Waals surface area contributed by atoms with Crippen LogP contribution in [0.4, 0.5) is 0 Å². The second-order valence-electron chi connectivity index (χ2n) is 3.17. The number of hydrogen-bond donors (Lipinski definition) is 3. The molecule has 3 N–H and O–H groups in total. The van der Waals surface area contributed by atoms with Gasteiger partial charge in [0.1, 0.15) is 4.90 Å². The molecule has 0 fully saturated rings. The molecule has 0 saturated carbocycles. The third-order valence-corrected chi connectivity index (χ3v) is 2.98. The van der Waals surface area contributed by atoms with Gasteiger partial charge in [0.05, 0.1) is 6.07 Å². The van der Waals surface area contributed by atoms with Crippen LogP contribution in [0.2, 0.25) is 0 Å². The van der Waals surface area contributed by atoms with E-state index in [0.29, 0.717) is 0 Å². The Hall–Kier alpha value is -1.79. The van der Waals surface area contributed by atoms with Crippen LogP contribution in [0.25, 0.3) is 10.8 Å². The van der Waals surface area contributed by atoms with Gasteiger partial charge in [-0.25, -0.2) is 0 Å². The summed E-state index contributed by atoms with van der Waals surface area (Å²) in [5.41, 5.74) is 0. The van der Waals surface area contributed by atoms with Gasteiger partial charge in [-0.05, 0) is 0 Å². The molecule has 0 saturated heterocycles.